The number of hydrogen-bond donors (Lipinski definition) is 1. The van der Waals surface area contributed by atoms with Crippen molar-refractivity contribution in [1.82, 2.24) is 0 Å². The molecule has 66 valence electrons. The minimum atomic E-state index is 0.0885. The summed E-state index contributed by atoms with van der Waals surface area (Å²) in [5.74, 6) is 0.454. The van der Waals surface area contributed by atoms with Crippen LogP contribution in [0.3, 0.4) is 0 Å². The Hall–Kier alpha value is -0.690. The molecular formula is C10H14ClN. The van der Waals surface area contributed by atoms with Crippen LogP contribution < -0.4 is 5.73 Å². The lowest BCUT2D eigenvalue weighted by Gasteiger charge is -2.13. The average molecular weight is 184 g/mol. The van der Waals surface area contributed by atoms with Crippen molar-refractivity contribution in [2.75, 3.05) is 5.73 Å². The van der Waals surface area contributed by atoms with Crippen LogP contribution in [0.2, 0.25) is 0 Å². The van der Waals surface area contributed by atoms with Crippen molar-refractivity contribution >= 4 is 17.3 Å². The number of alkyl halides is 1. The molecule has 1 nitrogen and oxygen atoms in total. The van der Waals surface area contributed by atoms with E-state index in [1.165, 1.54) is 0 Å². The molecule has 0 amide bonds. The summed E-state index contributed by atoms with van der Waals surface area (Å²) in [7, 11) is 0. The minimum Gasteiger partial charge on any atom is -0.399 e. The molecule has 0 aliphatic heterocycles. The normalized spacial score (nSPS) is 13.3. The van der Waals surface area contributed by atoms with Gasteiger partial charge < -0.3 is 5.73 Å². The van der Waals surface area contributed by atoms with Gasteiger partial charge in [-0.25, -0.2) is 0 Å². The van der Waals surface area contributed by atoms with E-state index < -0.39 is 0 Å². The van der Waals surface area contributed by atoms with Crippen LogP contribution in [0, 0.1) is 5.92 Å². The molecule has 0 aliphatic rings. The summed E-state index contributed by atoms with van der Waals surface area (Å²) >= 11 is 6.15. The van der Waals surface area contributed by atoms with Crippen LogP contribution in [0.5, 0.6) is 0 Å². The van der Waals surface area contributed by atoms with Crippen molar-refractivity contribution in [2.24, 2.45) is 5.92 Å². The summed E-state index contributed by atoms with van der Waals surface area (Å²) in [6.45, 7) is 4.21. The molecule has 0 heterocycles. The van der Waals surface area contributed by atoms with Gasteiger partial charge >= 0.3 is 0 Å². The van der Waals surface area contributed by atoms with Gasteiger partial charge in [-0.1, -0.05) is 26.0 Å². The third-order valence-electron chi connectivity index (χ3n) is 1.84. The van der Waals surface area contributed by atoms with Gasteiger partial charge in [-0.05, 0) is 23.6 Å². The zero-order valence-corrected chi connectivity index (χ0v) is 8.18. The Kier molecular flexibility index (Phi) is 2.99. The van der Waals surface area contributed by atoms with Crippen LogP contribution >= 0.6 is 11.6 Å². The second-order valence-electron chi connectivity index (χ2n) is 3.31. The second-order valence-corrected chi connectivity index (χ2v) is 3.78. The lowest BCUT2D eigenvalue weighted by molar-refractivity contribution is 0.624. The molecule has 1 atom stereocenters. The van der Waals surface area contributed by atoms with Crippen LogP contribution in [0.1, 0.15) is 24.8 Å². The predicted molar refractivity (Wildman–Crippen MR) is 54.3 cm³/mol. The highest BCUT2D eigenvalue weighted by atomic mass is 35.5. The molecule has 2 N–H and O–H groups in total. The van der Waals surface area contributed by atoms with Crippen LogP contribution in [0.15, 0.2) is 24.3 Å². The van der Waals surface area contributed by atoms with Gasteiger partial charge in [0.2, 0.25) is 0 Å². The number of benzene rings is 1. The Balaban J connectivity index is 2.82. The molecule has 1 aromatic rings. The van der Waals surface area contributed by atoms with Crippen molar-refractivity contribution in [3.63, 3.8) is 0 Å². The Morgan fingerprint density at radius 2 is 1.67 bits per heavy atom. The third kappa shape index (κ3) is 2.15. The van der Waals surface area contributed by atoms with E-state index in [0.717, 1.165) is 11.3 Å². The van der Waals surface area contributed by atoms with E-state index in [2.05, 4.69) is 13.8 Å². The van der Waals surface area contributed by atoms with E-state index in [4.69, 9.17) is 17.3 Å². The molecule has 0 aromatic heterocycles. The SMILES string of the molecule is CC(C)C(Cl)c1ccc(N)cc1. The average Bonchev–Trinajstić information content (AvgIpc) is 2.04. The molecule has 1 aromatic carbocycles. The zero-order valence-electron chi connectivity index (χ0n) is 7.42. The Bertz CT molecular complexity index is 241. The molecule has 1 rings (SSSR count). The fourth-order valence-corrected chi connectivity index (χ4v) is 1.21. The standard InChI is InChI=1S/C10H14ClN/c1-7(2)10(11)8-3-5-9(12)6-4-8/h3-7,10H,12H2,1-2H3. The van der Waals surface area contributed by atoms with Gasteiger partial charge in [-0.3, -0.25) is 0 Å². The van der Waals surface area contributed by atoms with Gasteiger partial charge in [0.1, 0.15) is 0 Å². The molecule has 12 heavy (non-hydrogen) atoms. The number of nitrogens with two attached hydrogens (primary N) is 1. The van der Waals surface area contributed by atoms with Crippen molar-refractivity contribution in [2.45, 2.75) is 19.2 Å². The van der Waals surface area contributed by atoms with Gasteiger partial charge in [0.05, 0.1) is 5.38 Å². The smallest absolute Gasteiger partial charge is 0.0608 e. The summed E-state index contributed by atoms with van der Waals surface area (Å²) in [6.07, 6.45) is 0. The highest BCUT2D eigenvalue weighted by Gasteiger charge is 2.11. The highest BCUT2D eigenvalue weighted by molar-refractivity contribution is 6.20. The molecule has 0 saturated carbocycles. The first-order valence-corrected chi connectivity index (χ1v) is 4.54. The summed E-state index contributed by atoms with van der Waals surface area (Å²) < 4.78 is 0. The first kappa shape index (κ1) is 9.40. The predicted octanol–water partition coefficient (Wildman–Crippen LogP) is 3.20. The molecule has 0 fully saturated rings. The van der Waals surface area contributed by atoms with Crippen molar-refractivity contribution in [1.29, 1.82) is 0 Å². The molecule has 0 bridgehead atoms. The molecule has 0 spiro atoms. The number of halogens is 1. The van der Waals surface area contributed by atoms with E-state index in [1.807, 2.05) is 24.3 Å². The highest BCUT2D eigenvalue weighted by Crippen LogP contribution is 2.28. The van der Waals surface area contributed by atoms with E-state index in [-0.39, 0.29) is 5.38 Å². The van der Waals surface area contributed by atoms with Gasteiger partial charge in [0, 0.05) is 5.69 Å². The third-order valence-corrected chi connectivity index (χ3v) is 2.60. The van der Waals surface area contributed by atoms with Gasteiger partial charge in [-0.2, -0.15) is 0 Å². The second kappa shape index (κ2) is 3.81. The molecule has 2 heteroatoms. The van der Waals surface area contributed by atoms with Gasteiger partial charge in [0.15, 0.2) is 0 Å². The summed E-state index contributed by atoms with van der Waals surface area (Å²) in [6, 6.07) is 7.72. The molecule has 0 saturated heterocycles. The molecule has 1 unspecified atom stereocenters. The van der Waals surface area contributed by atoms with Crippen molar-refractivity contribution in [3.8, 4) is 0 Å². The minimum absolute atomic E-state index is 0.0885. The summed E-state index contributed by atoms with van der Waals surface area (Å²) in [5.41, 5.74) is 7.48. The molecule has 0 aliphatic carbocycles. The summed E-state index contributed by atoms with van der Waals surface area (Å²) in [5, 5.41) is 0.0885. The molecule has 0 radical (unpaired) electrons. The lowest BCUT2D eigenvalue weighted by atomic mass is 10.0. The van der Waals surface area contributed by atoms with Crippen LogP contribution in [-0.4, -0.2) is 0 Å². The van der Waals surface area contributed by atoms with E-state index >= 15 is 0 Å². The van der Waals surface area contributed by atoms with Crippen LogP contribution in [0.4, 0.5) is 5.69 Å². The largest absolute Gasteiger partial charge is 0.399 e. The maximum Gasteiger partial charge on any atom is 0.0608 e. The van der Waals surface area contributed by atoms with Crippen LogP contribution in [0.25, 0.3) is 0 Å². The van der Waals surface area contributed by atoms with Crippen molar-refractivity contribution < 1.29 is 0 Å². The molecular weight excluding hydrogens is 170 g/mol. The quantitative estimate of drug-likeness (QED) is 0.553. The van der Waals surface area contributed by atoms with E-state index in [9.17, 15) is 0 Å². The fourth-order valence-electron chi connectivity index (χ4n) is 1.06. The number of anilines is 1. The van der Waals surface area contributed by atoms with Gasteiger partial charge in [-0.15, -0.1) is 11.6 Å². The van der Waals surface area contributed by atoms with E-state index in [1.54, 1.807) is 0 Å². The fraction of sp³-hybridized carbons (Fsp3) is 0.400. The number of rotatable bonds is 2. The summed E-state index contributed by atoms with van der Waals surface area (Å²) in [4.78, 5) is 0. The first-order chi connectivity index (χ1) is 5.61. The zero-order chi connectivity index (χ0) is 9.14. The van der Waals surface area contributed by atoms with E-state index in [0.29, 0.717) is 5.92 Å². The van der Waals surface area contributed by atoms with Crippen molar-refractivity contribution in [3.05, 3.63) is 29.8 Å². The number of hydrogen-bond acceptors (Lipinski definition) is 1. The Labute approximate surface area is 78.5 Å². The lowest BCUT2D eigenvalue weighted by Crippen LogP contribution is -1.99. The maximum absolute atomic E-state index is 6.15. The van der Waals surface area contributed by atoms with Crippen LogP contribution in [-0.2, 0) is 0 Å². The monoisotopic (exact) mass is 183 g/mol. The number of nitrogen functional groups attached to an aromatic ring is 1. The Morgan fingerprint density at radius 1 is 1.17 bits per heavy atom. The van der Waals surface area contributed by atoms with Gasteiger partial charge in [0.25, 0.3) is 0 Å². The Morgan fingerprint density at radius 3 is 2.08 bits per heavy atom. The topological polar surface area (TPSA) is 26.0 Å². The maximum atomic E-state index is 6.15. The first-order valence-electron chi connectivity index (χ1n) is 4.10.